The summed E-state index contributed by atoms with van der Waals surface area (Å²) in [5.41, 5.74) is 0.346. The SMILES string of the molecule is C=CC(=O)CN(Cc1ccccc1)C(=O)OC(C)(C)C. The van der Waals surface area contributed by atoms with E-state index in [1.54, 1.807) is 20.8 Å². The van der Waals surface area contributed by atoms with Gasteiger partial charge < -0.3 is 4.74 Å². The Morgan fingerprint density at radius 1 is 1.25 bits per heavy atom. The van der Waals surface area contributed by atoms with Crippen molar-refractivity contribution in [1.29, 1.82) is 0 Å². The Labute approximate surface area is 120 Å². The molecule has 0 heterocycles. The van der Waals surface area contributed by atoms with Crippen LogP contribution in [0.4, 0.5) is 4.79 Å². The first-order valence-corrected chi connectivity index (χ1v) is 6.49. The van der Waals surface area contributed by atoms with E-state index in [2.05, 4.69) is 6.58 Å². The molecular formula is C16H21NO3. The lowest BCUT2D eigenvalue weighted by Crippen LogP contribution is -2.39. The van der Waals surface area contributed by atoms with E-state index in [4.69, 9.17) is 4.74 Å². The zero-order valence-corrected chi connectivity index (χ0v) is 12.3. The largest absolute Gasteiger partial charge is 0.444 e. The molecule has 1 rings (SSSR count). The second kappa shape index (κ2) is 6.89. The second-order valence-corrected chi connectivity index (χ2v) is 5.49. The van der Waals surface area contributed by atoms with Gasteiger partial charge in [-0.05, 0) is 32.4 Å². The third kappa shape index (κ3) is 5.69. The number of ketones is 1. The van der Waals surface area contributed by atoms with Gasteiger partial charge in [0.05, 0.1) is 6.54 Å². The van der Waals surface area contributed by atoms with Crippen LogP contribution in [0.15, 0.2) is 43.0 Å². The molecule has 4 nitrogen and oxygen atoms in total. The number of carbonyl (C=O) groups excluding carboxylic acids is 2. The molecule has 108 valence electrons. The number of hydrogen-bond acceptors (Lipinski definition) is 3. The van der Waals surface area contributed by atoms with Gasteiger partial charge in [0.25, 0.3) is 0 Å². The molecule has 0 aromatic heterocycles. The standard InChI is InChI=1S/C16H21NO3/c1-5-14(18)12-17(15(19)20-16(2,3)4)11-13-9-7-6-8-10-13/h5-10H,1,11-12H2,2-4H3. The molecule has 20 heavy (non-hydrogen) atoms. The van der Waals surface area contributed by atoms with Crippen LogP contribution in [-0.2, 0) is 16.1 Å². The Hall–Kier alpha value is -2.10. The summed E-state index contributed by atoms with van der Waals surface area (Å²) >= 11 is 0. The summed E-state index contributed by atoms with van der Waals surface area (Å²) in [6, 6.07) is 9.47. The highest BCUT2D eigenvalue weighted by atomic mass is 16.6. The topological polar surface area (TPSA) is 46.6 Å². The van der Waals surface area contributed by atoms with Crippen molar-refractivity contribution in [2.75, 3.05) is 6.54 Å². The third-order valence-corrected chi connectivity index (χ3v) is 2.44. The highest BCUT2D eigenvalue weighted by Crippen LogP contribution is 2.12. The van der Waals surface area contributed by atoms with Gasteiger partial charge >= 0.3 is 6.09 Å². The van der Waals surface area contributed by atoms with Crippen molar-refractivity contribution in [3.05, 3.63) is 48.6 Å². The average Bonchev–Trinajstić information content (AvgIpc) is 2.37. The second-order valence-electron chi connectivity index (χ2n) is 5.49. The molecule has 0 bridgehead atoms. The Morgan fingerprint density at radius 3 is 2.35 bits per heavy atom. The van der Waals surface area contributed by atoms with Gasteiger partial charge in [-0.1, -0.05) is 36.9 Å². The van der Waals surface area contributed by atoms with E-state index in [0.717, 1.165) is 5.56 Å². The van der Waals surface area contributed by atoms with E-state index in [1.807, 2.05) is 30.3 Å². The van der Waals surface area contributed by atoms with Crippen LogP contribution in [-0.4, -0.2) is 28.9 Å². The van der Waals surface area contributed by atoms with Gasteiger partial charge in [-0.25, -0.2) is 4.79 Å². The van der Waals surface area contributed by atoms with Crippen molar-refractivity contribution in [2.24, 2.45) is 0 Å². The molecule has 1 amide bonds. The summed E-state index contributed by atoms with van der Waals surface area (Å²) in [6.45, 7) is 9.10. The number of nitrogens with zero attached hydrogens (tertiary/aromatic N) is 1. The zero-order chi connectivity index (χ0) is 15.2. The van der Waals surface area contributed by atoms with E-state index in [9.17, 15) is 9.59 Å². The molecule has 1 aromatic rings. The minimum atomic E-state index is -0.594. The average molecular weight is 275 g/mol. The quantitative estimate of drug-likeness (QED) is 0.775. The van der Waals surface area contributed by atoms with E-state index in [1.165, 1.54) is 11.0 Å². The smallest absolute Gasteiger partial charge is 0.411 e. The molecule has 0 N–H and O–H groups in total. The molecule has 0 fully saturated rings. The van der Waals surface area contributed by atoms with E-state index in [0.29, 0.717) is 6.54 Å². The van der Waals surface area contributed by atoms with E-state index in [-0.39, 0.29) is 12.3 Å². The Balaban J connectivity index is 2.82. The zero-order valence-electron chi connectivity index (χ0n) is 12.3. The molecule has 0 unspecified atom stereocenters. The van der Waals surface area contributed by atoms with Crippen molar-refractivity contribution >= 4 is 11.9 Å². The lowest BCUT2D eigenvalue weighted by molar-refractivity contribution is -0.115. The van der Waals surface area contributed by atoms with E-state index >= 15 is 0 Å². The molecule has 1 aromatic carbocycles. The number of benzene rings is 1. The molecule has 0 atom stereocenters. The van der Waals surface area contributed by atoms with E-state index < -0.39 is 11.7 Å². The maximum absolute atomic E-state index is 12.1. The van der Waals surface area contributed by atoms with Gasteiger partial charge in [-0.2, -0.15) is 0 Å². The maximum Gasteiger partial charge on any atom is 0.411 e. The molecule has 0 aliphatic rings. The van der Waals surface area contributed by atoms with Crippen LogP contribution in [0, 0.1) is 0 Å². The Kier molecular flexibility index (Phi) is 5.50. The normalized spacial score (nSPS) is 10.8. The van der Waals surface area contributed by atoms with Gasteiger partial charge in [0, 0.05) is 6.54 Å². The number of carbonyl (C=O) groups is 2. The highest BCUT2D eigenvalue weighted by molar-refractivity contribution is 5.92. The van der Waals surface area contributed by atoms with Gasteiger partial charge in [0.2, 0.25) is 0 Å². The van der Waals surface area contributed by atoms with Crippen LogP contribution in [0.2, 0.25) is 0 Å². The summed E-state index contributed by atoms with van der Waals surface area (Å²) in [5, 5.41) is 0. The van der Waals surface area contributed by atoms with Crippen molar-refractivity contribution in [2.45, 2.75) is 32.9 Å². The first-order chi connectivity index (χ1) is 9.31. The number of rotatable bonds is 5. The molecule has 0 aliphatic heterocycles. The van der Waals surface area contributed by atoms with Crippen molar-refractivity contribution in [1.82, 2.24) is 4.90 Å². The molecule has 0 spiro atoms. The van der Waals surface area contributed by atoms with Crippen molar-refractivity contribution in [3.8, 4) is 0 Å². The molecular weight excluding hydrogens is 254 g/mol. The van der Waals surface area contributed by atoms with Gasteiger partial charge in [-0.15, -0.1) is 0 Å². The minimum absolute atomic E-state index is 0.0344. The minimum Gasteiger partial charge on any atom is -0.444 e. The van der Waals surface area contributed by atoms with Crippen LogP contribution in [0.3, 0.4) is 0 Å². The summed E-state index contributed by atoms with van der Waals surface area (Å²) in [4.78, 5) is 25.0. The lowest BCUT2D eigenvalue weighted by Gasteiger charge is -2.26. The van der Waals surface area contributed by atoms with Gasteiger partial charge in [0.1, 0.15) is 5.60 Å². The van der Waals surface area contributed by atoms with Crippen LogP contribution < -0.4 is 0 Å². The summed E-state index contributed by atoms with van der Waals surface area (Å²) in [7, 11) is 0. The number of hydrogen-bond donors (Lipinski definition) is 0. The highest BCUT2D eigenvalue weighted by Gasteiger charge is 2.23. The Morgan fingerprint density at radius 2 is 1.85 bits per heavy atom. The summed E-state index contributed by atoms with van der Waals surface area (Å²) in [6.07, 6.45) is 0.707. The number of ether oxygens (including phenoxy) is 1. The monoisotopic (exact) mass is 275 g/mol. The molecule has 0 saturated carbocycles. The summed E-state index contributed by atoms with van der Waals surface area (Å²) in [5.74, 6) is -0.216. The Bertz CT molecular complexity index is 474. The predicted octanol–water partition coefficient (Wildman–Crippen LogP) is 3.18. The van der Waals surface area contributed by atoms with Crippen LogP contribution >= 0.6 is 0 Å². The fourth-order valence-corrected chi connectivity index (χ4v) is 1.57. The van der Waals surface area contributed by atoms with Crippen molar-refractivity contribution < 1.29 is 14.3 Å². The first kappa shape index (κ1) is 16.0. The molecule has 0 aliphatic carbocycles. The summed E-state index contributed by atoms with van der Waals surface area (Å²) < 4.78 is 5.32. The third-order valence-electron chi connectivity index (χ3n) is 2.44. The van der Waals surface area contributed by atoms with Crippen molar-refractivity contribution in [3.63, 3.8) is 0 Å². The predicted molar refractivity (Wildman–Crippen MR) is 78.3 cm³/mol. The molecule has 0 saturated heterocycles. The van der Waals surface area contributed by atoms with Crippen LogP contribution in [0.1, 0.15) is 26.3 Å². The van der Waals surface area contributed by atoms with Crippen LogP contribution in [0.25, 0.3) is 0 Å². The number of amides is 1. The van der Waals surface area contributed by atoms with Gasteiger partial charge in [0.15, 0.2) is 5.78 Å². The molecule has 0 radical (unpaired) electrons. The molecule has 4 heteroatoms. The lowest BCUT2D eigenvalue weighted by atomic mass is 10.2. The fraction of sp³-hybridized carbons (Fsp3) is 0.375. The van der Waals surface area contributed by atoms with Crippen LogP contribution in [0.5, 0.6) is 0 Å². The first-order valence-electron chi connectivity index (χ1n) is 6.49. The fourth-order valence-electron chi connectivity index (χ4n) is 1.57. The van der Waals surface area contributed by atoms with Gasteiger partial charge in [-0.3, -0.25) is 9.69 Å². The maximum atomic E-state index is 12.1.